The highest BCUT2D eigenvalue weighted by molar-refractivity contribution is 5.92. The second-order valence-corrected chi connectivity index (χ2v) is 6.67. The molecule has 1 aromatic carbocycles. The van der Waals surface area contributed by atoms with Gasteiger partial charge in [0.1, 0.15) is 0 Å². The number of nitrogens with one attached hydrogen (secondary N) is 3. The third kappa shape index (κ3) is 9.31. The molecule has 0 aromatic heterocycles. The van der Waals surface area contributed by atoms with Crippen molar-refractivity contribution in [3.63, 3.8) is 0 Å². The van der Waals surface area contributed by atoms with E-state index in [2.05, 4.69) is 26.9 Å². The highest BCUT2D eigenvalue weighted by Gasteiger charge is 2.14. The quantitative estimate of drug-likeness (QED) is 0.538. The maximum absolute atomic E-state index is 12.2. The molecule has 1 aromatic rings. The zero-order chi connectivity index (χ0) is 18.1. The summed E-state index contributed by atoms with van der Waals surface area (Å²) < 4.78 is 0. The van der Waals surface area contributed by atoms with Crippen molar-refractivity contribution in [2.75, 3.05) is 36.9 Å². The summed E-state index contributed by atoms with van der Waals surface area (Å²) in [6, 6.07) is 7.79. The predicted molar refractivity (Wildman–Crippen MR) is 116 cm³/mol. The van der Waals surface area contributed by atoms with Crippen LogP contribution in [0.4, 0.5) is 11.4 Å². The molecule has 8 heteroatoms. The van der Waals surface area contributed by atoms with E-state index in [1.54, 1.807) is 0 Å². The van der Waals surface area contributed by atoms with E-state index in [1.807, 2.05) is 32.2 Å². The van der Waals surface area contributed by atoms with E-state index in [4.69, 9.17) is 0 Å². The van der Waals surface area contributed by atoms with Crippen LogP contribution < -0.4 is 20.9 Å². The molecule has 1 atom stereocenters. The molecule has 154 valence electrons. The van der Waals surface area contributed by atoms with Gasteiger partial charge in [-0.05, 0) is 58.0 Å². The van der Waals surface area contributed by atoms with Crippen LogP contribution in [0.2, 0.25) is 0 Å². The van der Waals surface area contributed by atoms with Crippen molar-refractivity contribution in [1.82, 2.24) is 10.6 Å². The Morgan fingerprint density at radius 3 is 2.52 bits per heavy atom. The zero-order valence-electron chi connectivity index (χ0n) is 16.1. The van der Waals surface area contributed by atoms with Crippen LogP contribution in [0.15, 0.2) is 24.3 Å². The van der Waals surface area contributed by atoms with Gasteiger partial charge in [-0.25, -0.2) is 0 Å². The summed E-state index contributed by atoms with van der Waals surface area (Å²) in [5.41, 5.74) is 1.96. The first-order valence-electron chi connectivity index (χ1n) is 9.17. The Morgan fingerprint density at radius 2 is 1.85 bits per heavy atom. The Bertz CT molecular complexity index is 581. The van der Waals surface area contributed by atoms with Gasteiger partial charge in [0.05, 0.1) is 0 Å². The lowest BCUT2D eigenvalue weighted by atomic mass is 10.2. The van der Waals surface area contributed by atoms with Crippen LogP contribution in [0.5, 0.6) is 0 Å². The van der Waals surface area contributed by atoms with Gasteiger partial charge in [-0.2, -0.15) is 0 Å². The van der Waals surface area contributed by atoms with Crippen LogP contribution in [0.1, 0.15) is 39.0 Å². The van der Waals surface area contributed by atoms with Gasteiger partial charge in [-0.1, -0.05) is 6.07 Å². The van der Waals surface area contributed by atoms with Crippen molar-refractivity contribution in [3.8, 4) is 0 Å². The summed E-state index contributed by atoms with van der Waals surface area (Å²) >= 11 is 0. The molecule has 3 N–H and O–H groups in total. The summed E-state index contributed by atoms with van der Waals surface area (Å²) in [6.45, 7) is 4.83. The number of halogens is 2. The van der Waals surface area contributed by atoms with Crippen LogP contribution in [0, 0.1) is 0 Å². The van der Waals surface area contributed by atoms with E-state index in [0.29, 0.717) is 6.42 Å². The third-order valence-electron chi connectivity index (χ3n) is 4.33. The molecule has 6 nitrogen and oxygen atoms in total. The molecular weight excluding hydrogens is 387 g/mol. The van der Waals surface area contributed by atoms with E-state index >= 15 is 0 Å². The minimum absolute atomic E-state index is 0. The number of carbonyl (C=O) groups excluding carboxylic acids is 2. The molecule has 2 rings (SSSR count). The fraction of sp³-hybridized carbons (Fsp3) is 0.579. The van der Waals surface area contributed by atoms with Crippen molar-refractivity contribution in [1.29, 1.82) is 0 Å². The number of carbonyl (C=O) groups is 2. The smallest absolute Gasteiger partial charge is 0.226 e. The number of hydrogen-bond acceptors (Lipinski definition) is 4. The van der Waals surface area contributed by atoms with Crippen molar-refractivity contribution in [3.05, 3.63) is 24.3 Å². The molecule has 27 heavy (non-hydrogen) atoms. The second-order valence-electron chi connectivity index (χ2n) is 6.67. The molecule has 1 unspecified atom stereocenters. The third-order valence-corrected chi connectivity index (χ3v) is 4.33. The van der Waals surface area contributed by atoms with E-state index < -0.39 is 0 Å². The average molecular weight is 419 g/mol. The number of hydrogen-bond donors (Lipinski definition) is 3. The Kier molecular flexibility index (Phi) is 12.9. The Balaban J connectivity index is 0.00000338. The van der Waals surface area contributed by atoms with Crippen LogP contribution in [-0.2, 0) is 9.59 Å². The first kappa shape index (κ1) is 25.5. The molecule has 1 saturated heterocycles. The summed E-state index contributed by atoms with van der Waals surface area (Å²) in [5.74, 6) is -0.0897. The Hall–Kier alpha value is -1.50. The molecule has 1 heterocycles. The Labute approximate surface area is 174 Å². The van der Waals surface area contributed by atoms with Gasteiger partial charge < -0.3 is 20.9 Å². The predicted octanol–water partition coefficient (Wildman–Crippen LogP) is 2.96. The van der Waals surface area contributed by atoms with E-state index in [9.17, 15) is 9.59 Å². The first-order valence-corrected chi connectivity index (χ1v) is 9.17. The van der Waals surface area contributed by atoms with Crippen LogP contribution in [0.3, 0.4) is 0 Å². The van der Waals surface area contributed by atoms with E-state index in [0.717, 1.165) is 37.4 Å². The number of benzene rings is 1. The lowest BCUT2D eigenvalue weighted by Crippen LogP contribution is -2.35. The molecular formula is C19H32Cl2N4O2. The van der Waals surface area contributed by atoms with Gasteiger partial charge in [0.2, 0.25) is 11.8 Å². The van der Waals surface area contributed by atoms with Crippen LogP contribution in [-0.4, -0.2) is 44.5 Å². The Morgan fingerprint density at radius 1 is 1.15 bits per heavy atom. The number of nitrogens with zero attached hydrogens (tertiary/aromatic N) is 1. The zero-order valence-corrected chi connectivity index (χ0v) is 17.8. The maximum atomic E-state index is 12.2. The SMILES string of the molecule is CNCCCC(=O)NC(C)CC(=O)Nc1cccc(N2CCCC2)c1.Cl.Cl. The largest absolute Gasteiger partial charge is 0.371 e. The fourth-order valence-corrected chi connectivity index (χ4v) is 3.07. The molecule has 0 bridgehead atoms. The second kappa shape index (κ2) is 13.6. The van der Waals surface area contributed by atoms with Crippen LogP contribution >= 0.6 is 24.8 Å². The monoisotopic (exact) mass is 418 g/mol. The average Bonchev–Trinajstić information content (AvgIpc) is 3.09. The van der Waals surface area contributed by atoms with Gasteiger partial charge in [-0.3, -0.25) is 9.59 Å². The van der Waals surface area contributed by atoms with Gasteiger partial charge in [0.25, 0.3) is 0 Å². The van der Waals surface area contributed by atoms with Gasteiger partial charge in [0, 0.05) is 43.3 Å². The molecule has 0 radical (unpaired) electrons. The van der Waals surface area contributed by atoms with Gasteiger partial charge in [0.15, 0.2) is 0 Å². The molecule has 0 saturated carbocycles. The summed E-state index contributed by atoms with van der Waals surface area (Å²) in [7, 11) is 1.86. The van der Waals surface area contributed by atoms with Crippen molar-refractivity contribution < 1.29 is 9.59 Å². The highest BCUT2D eigenvalue weighted by atomic mass is 35.5. The van der Waals surface area contributed by atoms with Crippen molar-refractivity contribution in [2.24, 2.45) is 0 Å². The lowest BCUT2D eigenvalue weighted by molar-refractivity contribution is -0.122. The maximum Gasteiger partial charge on any atom is 0.226 e. The summed E-state index contributed by atoms with van der Waals surface area (Å²) in [4.78, 5) is 26.3. The molecule has 1 aliphatic heterocycles. The normalized spacial score (nSPS) is 13.9. The minimum atomic E-state index is -0.177. The number of amides is 2. The summed E-state index contributed by atoms with van der Waals surface area (Å²) in [6.07, 6.45) is 3.99. The molecule has 0 aliphatic carbocycles. The standard InChI is InChI=1S/C19H30N4O2.2ClH/c1-15(21-18(24)9-6-10-20-2)13-19(25)22-16-7-5-8-17(14-16)23-11-3-4-12-23;;/h5,7-8,14-15,20H,3-4,6,9-13H2,1-2H3,(H,21,24)(H,22,25);2*1H. The van der Waals surface area contributed by atoms with Crippen molar-refractivity contribution in [2.45, 2.75) is 45.1 Å². The molecule has 0 spiro atoms. The van der Waals surface area contributed by atoms with E-state index in [1.165, 1.54) is 12.8 Å². The van der Waals surface area contributed by atoms with Gasteiger partial charge >= 0.3 is 0 Å². The fourth-order valence-electron chi connectivity index (χ4n) is 3.07. The molecule has 1 fully saturated rings. The lowest BCUT2D eigenvalue weighted by Gasteiger charge is -2.19. The van der Waals surface area contributed by atoms with Crippen LogP contribution in [0.25, 0.3) is 0 Å². The van der Waals surface area contributed by atoms with Crippen molar-refractivity contribution >= 4 is 48.0 Å². The first-order chi connectivity index (χ1) is 12.1. The summed E-state index contributed by atoms with van der Waals surface area (Å²) in [5, 5.41) is 8.82. The number of rotatable bonds is 9. The number of anilines is 2. The molecule has 1 aliphatic rings. The topological polar surface area (TPSA) is 73.5 Å². The minimum Gasteiger partial charge on any atom is -0.371 e. The van der Waals surface area contributed by atoms with Gasteiger partial charge in [-0.15, -0.1) is 24.8 Å². The van der Waals surface area contributed by atoms with E-state index in [-0.39, 0.29) is 49.1 Å². The highest BCUT2D eigenvalue weighted by Crippen LogP contribution is 2.23. The molecule has 2 amide bonds.